The monoisotopic (exact) mass is 951 g/mol. The number of aromatic nitrogens is 8. The van der Waals surface area contributed by atoms with Gasteiger partial charge in [0.2, 0.25) is 0 Å². The highest BCUT2D eigenvalue weighted by Gasteiger charge is 2.54. The van der Waals surface area contributed by atoms with Crippen molar-refractivity contribution >= 4 is 67.2 Å². The molecule has 0 radical (unpaired) electrons. The van der Waals surface area contributed by atoms with E-state index in [1.807, 2.05) is 12.1 Å². The average Bonchev–Trinajstić information content (AvgIpc) is 4.05. The van der Waals surface area contributed by atoms with Crippen molar-refractivity contribution in [1.82, 2.24) is 39.0 Å². The summed E-state index contributed by atoms with van der Waals surface area (Å²) < 4.78 is 117. The van der Waals surface area contributed by atoms with E-state index in [9.17, 15) is 9.13 Å². The van der Waals surface area contributed by atoms with E-state index in [4.69, 9.17) is 58.8 Å². The Kier molecular flexibility index (Phi) is 14.7. The molecule has 0 amide bonds. The fraction of sp³-hybridized carbons (Fsp3) is 0.529. The third-order valence-corrected chi connectivity index (χ3v) is 15.0. The number of rotatable bonds is 16. The van der Waals surface area contributed by atoms with Crippen LogP contribution in [0, 0.1) is 0 Å². The lowest BCUT2D eigenvalue weighted by Gasteiger charge is -2.30. The summed E-state index contributed by atoms with van der Waals surface area (Å²) in [6.07, 6.45) is -8.05. The van der Waals surface area contributed by atoms with Crippen molar-refractivity contribution in [1.29, 1.82) is 0 Å². The van der Waals surface area contributed by atoms with E-state index < -0.39 is 76.7 Å². The van der Waals surface area contributed by atoms with Gasteiger partial charge in [-0.15, -0.1) is 0 Å². The molecule has 4 aromatic heterocycles. The second kappa shape index (κ2) is 20.4. The zero-order valence-corrected chi connectivity index (χ0v) is 36.5. The van der Waals surface area contributed by atoms with Crippen LogP contribution in [0.1, 0.15) is 23.6 Å². The van der Waals surface area contributed by atoms with E-state index in [1.54, 1.807) is 12.1 Å². The molecular weight excluding hydrogens is 909 g/mol. The molecule has 3 saturated heterocycles. The van der Waals surface area contributed by atoms with Crippen LogP contribution in [0.5, 0.6) is 0 Å². The Bertz CT molecular complexity index is 2550. The van der Waals surface area contributed by atoms with Gasteiger partial charge in [-0.25, -0.2) is 43.2 Å². The molecule has 30 heteroatoms. The van der Waals surface area contributed by atoms with Crippen molar-refractivity contribution < 1.29 is 59.7 Å². The molecule has 1 aromatic carbocycles. The molecule has 24 nitrogen and oxygen atoms in total. The highest BCUT2D eigenvalue weighted by molar-refractivity contribution is 8.54. The van der Waals surface area contributed by atoms with E-state index in [-0.39, 0.29) is 46.3 Å². The van der Waals surface area contributed by atoms with Gasteiger partial charge in [0.05, 0.1) is 65.5 Å². The number of halogens is 2. The van der Waals surface area contributed by atoms with Crippen LogP contribution in [-0.2, 0) is 63.3 Å². The Balaban J connectivity index is 0.984. The fourth-order valence-electron chi connectivity index (χ4n) is 7.01. The number of ether oxygens (including phenoxy) is 5. The maximum atomic E-state index is 16.8. The average molecular weight is 952 g/mol. The molecule has 3 aliphatic rings. The van der Waals surface area contributed by atoms with Gasteiger partial charge in [0, 0.05) is 17.2 Å². The Morgan fingerprint density at radius 2 is 1.31 bits per heavy atom. The van der Waals surface area contributed by atoms with Gasteiger partial charge in [-0.3, -0.25) is 22.7 Å². The second-order valence-electron chi connectivity index (χ2n) is 14.5. The lowest BCUT2D eigenvalue weighted by Crippen LogP contribution is -2.37. The first kappa shape index (κ1) is 46.1. The van der Waals surface area contributed by atoms with Gasteiger partial charge in [-0.1, -0.05) is 29.4 Å². The van der Waals surface area contributed by atoms with Crippen molar-refractivity contribution in [2.45, 2.75) is 61.6 Å². The maximum Gasteiger partial charge on any atom is 0.389 e. The van der Waals surface area contributed by atoms with E-state index in [2.05, 4.69) is 39.9 Å². The lowest BCUT2D eigenvalue weighted by atomic mass is 10.1. The molecule has 4 N–H and O–H groups in total. The van der Waals surface area contributed by atoms with E-state index in [0.717, 1.165) is 24.5 Å². The molecule has 10 atom stereocenters. The summed E-state index contributed by atoms with van der Waals surface area (Å²) in [6, 6.07) is 7.26. The molecule has 7 heterocycles. The highest BCUT2D eigenvalue weighted by atomic mass is 32.7. The Labute approximate surface area is 367 Å². The Morgan fingerprint density at radius 3 is 1.91 bits per heavy atom. The first-order chi connectivity index (χ1) is 30.9. The van der Waals surface area contributed by atoms with Gasteiger partial charge in [-0.2, -0.15) is 0 Å². The van der Waals surface area contributed by atoms with Gasteiger partial charge in [0.1, 0.15) is 48.1 Å². The Hall–Kier alpha value is -4.40. The maximum absolute atomic E-state index is 16.8. The molecule has 0 saturated carbocycles. The molecule has 3 fully saturated rings. The minimum atomic E-state index is -4.46. The molecule has 8 rings (SSSR count). The quantitative estimate of drug-likeness (QED) is 0.0355. The van der Waals surface area contributed by atoms with Crippen LogP contribution < -0.4 is 11.5 Å². The summed E-state index contributed by atoms with van der Waals surface area (Å²) in [7, 11) is -3.05. The minimum absolute atomic E-state index is 0.0476. The number of alkyl halides is 2. The normalized spacial score (nSPS) is 29.8. The van der Waals surface area contributed by atoms with E-state index >= 15 is 8.78 Å². The van der Waals surface area contributed by atoms with Crippen LogP contribution in [0.25, 0.3) is 32.8 Å². The topological polar surface area (TPSA) is 305 Å². The molecule has 0 aliphatic carbocycles. The van der Waals surface area contributed by atoms with Gasteiger partial charge in [-0.05, 0) is 28.0 Å². The van der Waals surface area contributed by atoms with Gasteiger partial charge < -0.3 is 44.2 Å². The molecule has 342 valence electrons. The van der Waals surface area contributed by atoms with Crippen LogP contribution in [-0.4, -0.2) is 136 Å². The zero-order valence-electron chi connectivity index (χ0n) is 33.9. The molecule has 0 spiro atoms. The fourth-order valence-corrected chi connectivity index (χ4v) is 11.6. The number of anilines is 2. The number of nitrogens with two attached hydrogens (primary N) is 2. The molecule has 0 unspecified atom stereocenters. The van der Waals surface area contributed by atoms with Crippen LogP contribution in [0.15, 0.2) is 54.7 Å². The highest BCUT2D eigenvalue weighted by Crippen LogP contribution is 2.65. The largest absolute Gasteiger partial charge is 0.389 e. The number of nitrogens with zero attached hydrogens (tertiary/aromatic N) is 11. The second-order valence-corrected chi connectivity index (χ2v) is 20.5. The SMILES string of the molecule is B[P@]1(=O)OC[C@H]2O[C@@H](n3cnc4c(N)ncnc43)[C@H](F)[C@@H]2O[P@@](=O)(SCc2ccc(COCCOCCOCCN=[N+]=[N-])cc2)OC[C@H]2O[C@@H](n3cnc4c(N)ncnc43)[C@H](F)[C@@H]2O1. The van der Waals surface area contributed by atoms with Crippen molar-refractivity contribution in [3.8, 4) is 0 Å². The number of benzene rings is 1. The van der Waals surface area contributed by atoms with Gasteiger partial charge in [0.15, 0.2) is 47.7 Å². The summed E-state index contributed by atoms with van der Waals surface area (Å²) in [5.74, 6) is 0.154. The van der Waals surface area contributed by atoms with Gasteiger partial charge in [0.25, 0.3) is 15.0 Å². The summed E-state index contributed by atoms with van der Waals surface area (Å²) in [5.41, 5.74) is 22.4. The predicted octanol–water partition coefficient (Wildman–Crippen LogP) is 3.76. The standard InChI is InChI=1S/C34H42BF2N13O11P2S/c35-62(51)56-12-21-28(24(37)34(58-21)50-18-46-26-30(39)42-16-44-32(26)50)61-63(52,64-14-20-3-1-19(2-4-20)11-55-10-9-54-8-7-53-6-5-47-48-40)57-13-22-27(60-62)23(36)33(59-22)49-17-45-25-29(38)41-15-43-31(25)49/h1-4,15-18,21-24,27-28,33-34H,5-14,35H2,(H2,38,41,43)(H2,39,42,44)/t21-,22-,23-,24-,27-,28-,33-,34-,62+,63+/m1/s1. The van der Waals surface area contributed by atoms with E-state index in [0.29, 0.717) is 45.2 Å². The van der Waals surface area contributed by atoms with Crippen molar-refractivity contribution in [3.05, 3.63) is 71.1 Å². The number of hydrogen-bond acceptors (Lipinski definition) is 21. The molecule has 0 bridgehead atoms. The van der Waals surface area contributed by atoms with Crippen LogP contribution >= 0.6 is 25.7 Å². The molecule has 64 heavy (non-hydrogen) atoms. The minimum Gasteiger partial charge on any atom is -0.382 e. The third kappa shape index (κ3) is 10.5. The predicted molar refractivity (Wildman–Crippen MR) is 226 cm³/mol. The Morgan fingerprint density at radius 1 is 0.781 bits per heavy atom. The molecule has 5 aromatic rings. The van der Waals surface area contributed by atoms with Crippen molar-refractivity contribution in [2.24, 2.45) is 5.11 Å². The summed E-state index contributed by atoms with van der Waals surface area (Å²) in [4.78, 5) is 27.3. The first-order valence-corrected chi connectivity index (χ1v) is 24.8. The number of imidazole rings is 2. The number of hydrogen-bond donors (Lipinski definition) is 2. The zero-order chi connectivity index (χ0) is 44.8. The van der Waals surface area contributed by atoms with Crippen LogP contribution in [0.2, 0.25) is 0 Å². The van der Waals surface area contributed by atoms with Gasteiger partial charge >= 0.3 is 6.80 Å². The van der Waals surface area contributed by atoms with Crippen molar-refractivity contribution in [2.75, 3.05) is 64.3 Å². The number of azide groups is 1. The van der Waals surface area contributed by atoms with E-state index in [1.165, 1.54) is 34.4 Å². The molecular formula is C34H42BF2N13O11P2S. The first-order valence-electron chi connectivity index (χ1n) is 19.7. The van der Waals surface area contributed by atoms with Crippen LogP contribution in [0.4, 0.5) is 20.4 Å². The summed E-state index contributed by atoms with van der Waals surface area (Å²) >= 11 is 0.758. The van der Waals surface area contributed by atoms with Crippen LogP contribution in [0.3, 0.4) is 0 Å². The number of fused-ring (bicyclic) bond motifs is 4. The lowest BCUT2D eigenvalue weighted by molar-refractivity contribution is -0.0546. The van der Waals surface area contributed by atoms with Crippen molar-refractivity contribution in [3.63, 3.8) is 0 Å². The third-order valence-electron chi connectivity index (χ3n) is 10.1. The smallest absolute Gasteiger partial charge is 0.382 e. The summed E-state index contributed by atoms with van der Waals surface area (Å²) in [6.45, 7) is -3.43. The summed E-state index contributed by atoms with van der Waals surface area (Å²) in [5, 5.41) is 3.39. The number of nitrogen functional groups attached to an aromatic ring is 2. The molecule has 3 aliphatic heterocycles.